The van der Waals surface area contributed by atoms with E-state index in [1.165, 1.54) is 6.42 Å². The predicted molar refractivity (Wildman–Crippen MR) is 73.8 cm³/mol. The summed E-state index contributed by atoms with van der Waals surface area (Å²) in [6.45, 7) is 3.93. The van der Waals surface area contributed by atoms with Gasteiger partial charge in [0, 0.05) is 6.04 Å². The van der Waals surface area contributed by atoms with Gasteiger partial charge in [0.05, 0.1) is 12.4 Å². The maximum atomic E-state index is 12.0. The summed E-state index contributed by atoms with van der Waals surface area (Å²) >= 11 is 0. The molecular weight excluding hydrogens is 250 g/mol. The van der Waals surface area contributed by atoms with Crippen LogP contribution in [0, 0.1) is 11.8 Å². The Morgan fingerprint density at radius 2 is 1.83 bits per heavy atom. The van der Waals surface area contributed by atoms with Gasteiger partial charge in [-0.25, -0.2) is 13.1 Å². The first-order valence-corrected chi connectivity index (χ1v) is 8.69. The van der Waals surface area contributed by atoms with Crippen molar-refractivity contribution in [2.24, 2.45) is 11.8 Å². The minimum atomic E-state index is -3.25. The standard InChI is InChI=1S/C13H27NO3S/c1-11(2)8-13(9-15)14-18(16,17)10-12-6-4-3-5-7-12/h11-15H,3-10H2,1-2H3. The van der Waals surface area contributed by atoms with Crippen LogP contribution in [0.5, 0.6) is 0 Å². The SMILES string of the molecule is CC(C)CC(CO)NS(=O)(=O)CC1CCCCC1. The molecule has 1 unspecified atom stereocenters. The molecule has 0 aliphatic heterocycles. The van der Waals surface area contributed by atoms with Crippen LogP contribution in [0.15, 0.2) is 0 Å². The second-order valence-electron chi connectivity index (χ2n) is 5.91. The Hall–Kier alpha value is -0.130. The topological polar surface area (TPSA) is 66.4 Å². The molecule has 0 amide bonds. The summed E-state index contributed by atoms with van der Waals surface area (Å²) in [5.41, 5.74) is 0. The van der Waals surface area contributed by atoms with Crippen molar-refractivity contribution in [3.05, 3.63) is 0 Å². The smallest absolute Gasteiger partial charge is 0.212 e. The zero-order valence-electron chi connectivity index (χ0n) is 11.6. The Labute approximate surface area is 111 Å². The summed E-state index contributed by atoms with van der Waals surface area (Å²) in [6, 6.07) is -0.335. The average molecular weight is 277 g/mol. The van der Waals surface area contributed by atoms with Crippen molar-refractivity contribution < 1.29 is 13.5 Å². The number of aliphatic hydroxyl groups excluding tert-OH is 1. The van der Waals surface area contributed by atoms with Gasteiger partial charge in [0.1, 0.15) is 0 Å². The third kappa shape index (κ3) is 6.16. The van der Waals surface area contributed by atoms with Gasteiger partial charge in [0.25, 0.3) is 0 Å². The molecular formula is C13H27NO3S. The van der Waals surface area contributed by atoms with Gasteiger partial charge in [-0.3, -0.25) is 0 Å². The van der Waals surface area contributed by atoms with Crippen molar-refractivity contribution in [2.45, 2.75) is 58.4 Å². The molecule has 0 heterocycles. The van der Waals surface area contributed by atoms with Crippen molar-refractivity contribution in [1.29, 1.82) is 0 Å². The van der Waals surface area contributed by atoms with Gasteiger partial charge in [0.15, 0.2) is 0 Å². The van der Waals surface area contributed by atoms with E-state index in [4.69, 9.17) is 0 Å². The average Bonchev–Trinajstić information content (AvgIpc) is 2.27. The van der Waals surface area contributed by atoms with E-state index in [0.29, 0.717) is 18.3 Å². The van der Waals surface area contributed by atoms with Crippen LogP contribution in [-0.4, -0.2) is 31.9 Å². The molecule has 0 radical (unpaired) electrons. The van der Waals surface area contributed by atoms with Crippen molar-refractivity contribution in [3.8, 4) is 0 Å². The van der Waals surface area contributed by atoms with E-state index in [1.54, 1.807) is 0 Å². The fourth-order valence-corrected chi connectivity index (χ4v) is 4.42. The summed E-state index contributed by atoms with van der Waals surface area (Å²) in [5.74, 6) is 0.899. The number of hydrogen-bond acceptors (Lipinski definition) is 3. The first kappa shape index (κ1) is 15.9. The number of nitrogens with one attached hydrogen (secondary N) is 1. The number of rotatable bonds is 7. The van der Waals surface area contributed by atoms with E-state index in [-0.39, 0.29) is 18.4 Å². The van der Waals surface area contributed by atoms with Crippen LogP contribution in [0.2, 0.25) is 0 Å². The van der Waals surface area contributed by atoms with Crippen molar-refractivity contribution >= 4 is 10.0 Å². The maximum Gasteiger partial charge on any atom is 0.212 e. The van der Waals surface area contributed by atoms with Crippen LogP contribution < -0.4 is 4.72 Å². The molecule has 0 aromatic carbocycles. The minimum Gasteiger partial charge on any atom is -0.395 e. The zero-order valence-corrected chi connectivity index (χ0v) is 12.4. The molecule has 1 rings (SSSR count). The van der Waals surface area contributed by atoms with E-state index < -0.39 is 10.0 Å². The van der Waals surface area contributed by atoms with Crippen molar-refractivity contribution in [2.75, 3.05) is 12.4 Å². The molecule has 18 heavy (non-hydrogen) atoms. The van der Waals surface area contributed by atoms with E-state index in [2.05, 4.69) is 4.72 Å². The third-order valence-electron chi connectivity index (χ3n) is 3.50. The highest BCUT2D eigenvalue weighted by molar-refractivity contribution is 7.89. The molecule has 2 N–H and O–H groups in total. The molecule has 5 heteroatoms. The summed E-state index contributed by atoms with van der Waals surface area (Å²) < 4.78 is 26.7. The van der Waals surface area contributed by atoms with Crippen molar-refractivity contribution in [3.63, 3.8) is 0 Å². The molecule has 1 fully saturated rings. The fraction of sp³-hybridized carbons (Fsp3) is 1.00. The quantitative estimate of drug-likeness (QED) is 0.747. The zero-order chi connectivity index (χ0) is 13.6. The molecule has 1 atom stereocenters. The van der Waals surface area contributed by atoms with E-state index >= 15 is 0 Å². The van der Waals surface area contributed by atoms with Gasteiger partial charge in [-0.1, -0.05) is 33.1 Å². The highest BCUT2D eigenvalue weighted by Gasteiger charge is 2.24. The molecule has 1 aliphatic carbocycles. The van der Waals surface area contributed by atoms with E-state index in [0.717, 1.165) is 25.7 Å². The summed E-state index contributed by atoms with van der Waals surface area (Å²) in [6.07, 6.45) is 6.26. The van der Waals surface area contributed by atoms with Gasteiger partial charge >= 0.3 is 0 Å². The normalized spacial score (nSPS) is 20.2. The van der Waals surface area contributed by atoms with Gasteiger partial charge in [0.2, 0.25) is 10.0 Å². The second kappa shape index (κ2) is 7.46. The number of aliphatic hydroxyl groups is 1. The third-order valence-corrected chi connectivity index (χ3v) is 5.11. The molecule has 0 saturated heterocycles. The van der Waals surface area contributed by atoms with Crippen LogP contribution >= 0.6 is 0 Å². The van der Waals surface area contributed by atoms with Crippen LogP contribution in [0.3, 0.4) is 0 Å². The highest BCUT2D eigenvalue weighted by atomic mass is 32.2. The molecule has 0 spiro atoms. The first-order chi connectivity index (χ1) is 8.43. The van der Waals surface area contributed by atoms with Gasteiger partial charge in [-0.15, -0.1) is 0 Å². The molecule has 4 nitrogen and oxygen atoms in total. The molecule has 108 valence electrons. The van der Waals surface area contributed by atoms with Crippen LogP contribution in [-0.2, 0) is 10.0 Å². The Balaban J connectivity index is 2.46. The Morgan fingerprint density at radius 3 is 2.33 bits per heavy atom. The van der Waals surface area contributed by atoms with Crippen LogP contribution in [0.1, 0.15) is 52.4 Å². The van der Waals surface area contributed by atoms with Gasteiger partial charge in [-0.05, 0) is 31.1 Å². The predicted octanol–water partition coefficient (Wildman–Crippen LogP) is 1.89. The summed E-state index contributed by atoms with van der Waals surface area (Å²) in [7, 11) is -3.25. The lowest BCUT2D eigenvalue weighted by molar-refractivity contribution is 0.239. The number of sulfonamides is 1. The van der Waals surface area contributed by atoms with Gasteiger partial charge < -0.3 is 5.11 Å². The van der Waals surface area contributed by atoms with E-state index in [1.807, 2.05) is 13.8 Å². The molecule has 0 aromatic rings. The number of hydrogen-bond donors (Lipinski definition) is 2. The van der Waals surface area contributed by atoms with Crippen molar-refractivity contribution in [1.82, 2.24) is 4.72 Å². The first-order valence-electron chi connectivity index (χ1n) is 7.04. The lowest BCUT2D eigenvalue weighted by Crippen LogP contribution is -2.41. The second-order valence-corrected chi connectivity index (χ2v) is 7.71. The Bertz CT molecular complexity index is 321. The monoisotopic (exact) mass is 277 g/mol. The Morgan fingerprint density at radius 1 is 1.22 bits per heavy atom. The van der Waals surface area contributed by atoms with Gasteiger partial charge in [-0.2, -0.15) is 0 Å². The lowest BCUT2D eigenvalue weighted by atomic mass is 9.91. The summed E-state index contributed by atoms with van der Waals surface area (Å²) in [5, 5.41) is 9.22. The van der Waals surface area contributed by atoms with Crippen LogP contribution in [0.4, 0.5) is 0 Å². The van der Waals surface area contributed by atoms with Crippen LogP contribution in [0.25, 0.3) is 0 Å². The molecule has 0 bridgehead atoms. The minimum absolute atomic E-state index is 0.123. The molecule has 1 saturated carbocycles. The van der Waals surface area contributed by atoms with E-state index in [9.17, 15) is 13.5 Å². The summed E-state index contributed by atoms with van der Waals surface area (Å²) in [4.78, 5) is 0. The fourth-order valence-electron chi connectivity index (χ4n) is 2.70. The molecule has 0 aromatic heterocycles. The largest absolute Gasteiger partial charge is 0.395 e. The Kier molecular flexibility index (Phi) is 6.60. The highest BCUT2D eigenvalue weighted by Crippen LogP contribution is 2.24. The lowest BCUT2D eigenvalue weighted by Gasteiger charge is -2.23. The maximum absolute atomic E-state index is 12.0. The molecule has 1 aliphatic rings.